The summed E-state index contributed by atoms with van der Waals surface area (Å²) in [5, 5.41) is 12.8. The van der Waals surface area contributed by atoms with Gasteiger partial charge >= 0.3 is 5.69 Å². The van der Waals surface area contributed by atoms with Crippen LogP contribution in [0.15, 0.2) is 18.3 Å². The van der Waals surface area contributed by atoms with Gasteiger partial charge in [0.05, 0.1) is 18.0 Å². The van der Waals surface area contributed by atoms with Crippen LogP contribution >= 0.6 is 0 Å². The van der Waals surface area contributed by atoms with Gasteiger partial charge in [0.2, 0.25) is 0 Å². The summed E-state index contributed by atoms with van der Waals surface area (Å²) >= 11 is 0. The van der Waals surface area contributed by atoms with Crippen molar-refractivity contribution in [3.05, 3.63) is 28.4 Å². The lowest BCUT2D eigenvalue weighted by molar-refractivity contribution is -0.650. The largest absolute Gasteiger partial charge is 0.343 e. The lowest BCUT2D eigenvalue weighted by Gasteiger charge is -2.11. The predicted octanol–water partition coefficient (Wildman–Crippen LogP) is -0.818. The zero-order chi connectivity index (χ0) is 11.4. The van der Waals surface area contributed by atoms with Crippen molar-refractivity contribution in [2.45, 2.75) is 6.42 Å². The molecule has 0 unspecified atom stereocenters. The monoisotopic (exact) mass is 224 g/mol. The van der Waals surface area contributed by atoms with Crippen LogP contribution in [0.25, 0.3) is 0 Å². The fourth-order valence-corrected chi connectivity index (χ4v) is 1.89. The van der Waals surface area contributed by atoms with Gasteiger partial charge in [-0.1, -0.05) is 0 Å². The number of nitrogens with two attached hydrogens (primary N) is 1. The normalized spacial score (nSPS) is 16.9. The standard InChI is InChI=1S/C10H14N4O2/c15-14(16)9-2-3-10(12-8-9)13-6-1-4-11-5-7-13/h2-3,8,11H,1,4-7H2/p+2. The molecule has 2 rings (SSSR count). The number of nitro groups is 1. The van der Waals surface area contributed by atoms with E-state index in [9.17, 15) is 10.1 Å². The van der Waals surface area contributed by atoms with E-state index in [2.05, 4.69) is 15.2 Å². The number of aromatic nitrogens is 1. The highest BCUT2D eigenvalue weighted by atomic mass is 16.6. The molecule has 0 amide bonds. The number of aromatic amines is 1. The molecule has 0 saturated carbocycles. The summed E-state index contributed by atoms with van der Waals surface area (Å²) in [6.07, 6.45) is 2.59. The third-order valence-electron chi connectivity index (χ3n) is 2.77. The van der Waals surface area contributed by atoms with Crippen LogP contribution in [0.1, 0.15) is 6.42 Å². The molecule has 0 atom stereocenters. The highest BCUT2D eigenvalue weighted by Crippen LogP contribution is 2.12. The number of quaternary nitrogens is 1. The van der Waals surface area contributed by atoms with Crippen molar-refractivity contribution in [3.63, 3.8) is 0 Å². The Balaban J connectivity index is 2.10. The van der Waals surface area contributed by atoms with Crippen LogP contribution < -0.4 is 15.2 Å². The van der Waals surface area contributed by atoms with Crippen LogP contribution in [0, 0.1) is 10.1 Å². The number of pyridine rings is 1. The van der Waals surface area contributed by atoms with E-state index in [0.717, 1.165) is 38.4 Å². The molecule has 0 spiro atoms. The van der Waals surface area contributed by atoms with Gasteiger partial charge < -0.3 is 5.32 Å². The maximum absolute atomic E-state index is 10.5. The minimum atomic E-state index is -0.392. The summed E-state index contributed by atoms with van der Waals surface area (Å²) in [6.45, 7) is 4.22. The lowest BCUT2D eigenvalue weighted by Crippen LogP contribution is -2.84. The van der Waals surface area contributed by atoms with Gasteiger partial charge in [0.1, 0.15) is 13.1 Å². The molecule has 1 fully saturated rings. The third kappa shape index (κ3) is 2.46. The van der Waals surface area contributed by atoms with Crippen molar-refractivity contribution in [1.82, 2.24) is 0 Å². The first-order chi connectivity index (χ1) is 7.77. The number of anilines is 1. The van der Waals surface area contributed by atoms with Crippen molar-refractivity contribution < 1.29 is 15.2 Å². The molecule has 0 aliphatic carbocycles. The molecule has 0 bridgehead atoms. The molecule has 1 saturated heterocycles. The fourth-order valence-electron chi connectivity index (χ4n) is 1.89. The van der Waals surface area contributed by atoms with Crippen molar-refractivity contribution in [3.8, 4) is 0 Å². The van der Waals surface area contributed by atoms with Crippen molar-refractivity contribution in [2.75, 3.05) is 31.1 Å². The average molecular weight is 224 g/mol. The molecule has 6 heteroatoms. The Kier molecular flexibility index (Phi) is 3.31. The zero-order valence-electron chi connectivity index (χ0n) is 9.06. The molecule has 0 radical (unpaired) electrons. The molecule has 0 aromatic carbocycles. The van der Waals surface area contributed by atoms with Crippen molar-refractivity contribution >= 4 is 11.5 Å². The van der Waals surface area contributed by atoms with Gasteiger partial charge in [-0.2, -0.15) is 0 Å². The van der Waals surface area contributed by atoms with Crippen LogP contribution in [0.2, 0.25) is 0 Å². The number of rotatable bonds is 2. The summed E-state index contributed by atoms with van der Waals surface area (Å²) < 4.78 is 0. The smallest absolute Gasteiger partial charge is 0.308 e. The van der Waals surface area contributed by atoms with E-state index in [4.69, 9.17) is 0 Å². The Bertz CT molecular complexity index is 358. The second-order valence-corrected chi connectivity index (χ2v) is 3.90. The van der Waals surface area contributed by atoms with E-state index in [1.807, 2.05) is 0 Å². The Labute approximate surface area is 93.4 Å². The Morgan fingerprint density at radius 2 is 2.25 bits per heavy atom. The second kappa shape index (κ2) is 4.89. The summed E-state index contributed by atoms with van der Waals surface area (Å²) in [4.78, 5) is 15.3. The minimum Gasteiger partial charge on any atom is -0.343 e. The predicted molar refractivity (Wildman–Crippen MR) is 58.1 cm³/mol. The SMILES string of the molecule is O=[N+]([O-])c1ccc(N2CCC[NH2+]CC2)[nH+]c1. The third-order valence-corrected chi connectivity index (χ3v) is 2.77. The van der Waals surface area contributed by atoms with E-state index in [1.54, 1.807) is 12.1 Å². The highest BCUT2D eigenvalue weighted by molar-refractivity contribution is 5.37. The molecule has 86 valence electrons. The van der Waals surface area contributed by atoms with Crippen molar-refractivity contribution in [1.29, 1.82) is 0 Å². The first kappa shape index (κ1) is 10.8. The number of hydrogen-bond donors (Lipinski definition) is 1. The Morgan fingerprint density at radius 3 is 2.94 bits per heavy atom. The number of nitrogens with zero attached hydrogens (tertiary/aromatic N) is 2. The summed E-state index contributed by atoms with van der Waals surface area (Å²) in [5.74, 6) is 0.959. The Morgan fingerprint density at radius 1 is 1.38 bits per heavy atom. The first-order valence-electron chi connectivity index (χ1n) is 5.50. The van der Waals surface area contributed by atoms with Gasteiger partial charge in [-0.25, -0.2) is 4.98 Å². The molecule has 16 heavy (non-hydrogen) atoms. The summed E-state index contributed by atoms with van der Waals surface area (Å²) in [6, 6.07) is 3.32. The molecule has 1 aliphatic heterocycles. The highest BCUT2D eigenvalue weighted by Gasteiger charge is 2.19. The first-order valence-corrected chi connectivity index (χ1v) is 5.50. The van der Waals surface area contributed by atoms with E-state index < -0.39 is 4.92 Å². The van der Waals surface area contributed by atoms with Gasteiger partial charge in [0, 0.05) is 18.6 Å². The van der Waals surface area contributed by atoms with E-state index in [-0.39, 0.29) is 5.69 Å². The lowest BCUT2D eigenvalue weighted by atomic mass is 10.3. The minimum absolute atomic E-state index is 0.102. The topological polar surface area (TPSA) is 77.1 Å². The Hall–Kier alpha value is -1.69. The van der Waals surface area contributed by atoms with Gasteiger partial charge in [0.15, 0.2) is 6.20 Å². The maximum Gasteiger partial charge on any atom is 0.308 e. The maximum atomic E-state index is 10.5. The molecule has 6 nitrogen and oxygen atoms in total. The van der Waals surface area contributed by atoms with Gasteiger partial charge in [-0.05, 0) is 0 Å². The van der Waals surface area contributed by atoms with Gasteiger partial charge in [-0.3, -0.25) is 15.0 Å². The molecule has 2 heterocycles. The molecule has 1 aromatic rings. The van der Waals surface area contributed by atoms with Crippen LogP contribution in [-0.2, 0) is 0 Å². The number of nitrogens with one attached hydrogen (secondary N) is 1. The number of hydrogen-bond acceptors (Lipinski definition) is 3. The van der Waals surface area contributed by atoms with Crippen LogP contribution in [0.5, 0.6) is 0 Å². The summed E-state index contributed by atoms with van der Waals surface area (Å²) in [5.41, 5.74) is 0.102. The van der Waals surface area contributed by atoms with E-state index in [1.165, 1.54) is 6.20 Å². The number of H-pyrrole nitrogens is 1. The van der Waals surface area contributed by atoms with Gasteiger partial charge in [-0.15, -0.1) is 0 Å². The van der Waals surface area contributed by atoms with Gasteiger partial charge in [0.25, 0.3) is 5.82 Å². The van der Waals surface area contributed by atoms with Crippen LogP contribution in [0.4, 0.5) is 11.5 Å². The van der Waals surface area contributed by atoms with Crippen LogP contribution in [0.3, 0.4) is 0 Å². The average Bonchev–Trinajstić information content (AvgIpc) is 2.57. The molecular formula is C10H16N4O2+2. The zero-order valence-corrected chi connectivity index (χ0v) is 9.06. The molecular weight excluding hydrogens is 208 g/mol. The van der Waals surface area contributed by atoms with Crippen molar-refractivity contribution in [2.24, 2.45) is 0 Å². The molecule has 1 aliphatic rings. The van der Waals surface area contributed by atoms with Crippen LogP contribution in [-0.4, -0.2) is 31.1 Å². The fraction of sp³-hybridized carbons (Fsp3) is 0.500. The second-order valence-electron chi connectivity index (χ2n) is 3.90. The molecule has 1 aromatic heterocycles. The summed E-state index contributed by atoms with van der Waals surface area (Å²) in [7, 11) is 0. The van der Waals surface area contributed by atoms with E-state index >= 15 is 0 Å². The van der Waals surface area contributed by atoms with E-state index in [0.29, 0.717) is 0 Å². The molecule has 3 N–H and O–H groups in total. The quantitative estimate of drug-likeness (QED) is 0.527.